The normalized spacial score (nSPS) is 22.1. The number of carbonyl (C=O) groups excluding carboxylic acids is 3. The van der Waals surface area contributed by atoms with Crippen LogP contribution in [-0.4, -0.2) is 31.9 Å². The van der Waals surface area contributed by atoms with E-state index in [-0.39, 0.29) is 17.6 Å². The summed E-state index contributed by atoms with van der Waals surface area (Å²) in [5, 5.41) is 0. The fourth-order valence-electron chi connectivity index (χ4n) is 3.02. The predicted molar refractivity (Wildman–Crippen MR) is 72.9 cm³/mol. The van der Waals surface area contributed by atoms with E-state index in [9.17, 15) is 14.4 Å². The van der Waals surface area contributed by atoms with Crippen LogP contribution in [0.4, 0.5) is 0 Å². The predicted octanol–water partition coefficient (Wildman–Crippen LogP) is 2.12. The number of unbranched alkanes of at least 4 members (excludes halogenated alkanes) is 2. The molecule has 2 atom stereocenters. The van der Waals surface area contributed by atoms with Gasteiger partial charge in [-0.3, -0.25) is 14.4 Å². The van der Waals surface area contributed by atoms with Gasteiger partial charge in [-0.25, -0.2) is 0 Å². The van der Waals surface area contributed by atoms with E-state index in [1.807, 2.05) is 0 Å². The Hall–Kier alpha value is -1.39. The van der Waals surface area contributed by atoms with Gasteiger partial charge >= 0.3 is 11.9 Å². The van der Waals surface area contributed by atoms with E-state index in [1.165, 1.54) is 14.2 Å². The molecule has 0 aromatic carbocycles. The third kappa shape index (κ3) is 3.81. The fourth-order valence-corrected chi connectivity index (χ4v) is 3.02. The Morgan fingerprint density at radius 3 is 2.30 bits per heavy atom. The van der Waals surface area contributed by atoms with Gasteiger partial charge in [-0.1, -0.05) is 26.2 Å². The number of esters is 2. The molecule has 0 amide bonds. The van der Waals surface area contributed by atoms with Crippen molar-refractivity contribution in [2.45, 2.75) is 45.4 Å². The number of hydrogen-bond donors (Lipinski definition) is 0. The SMILES string of the molecule is CCCCC[C@@H]1C(=O)CC[C@@H]1C(C(=O)OC)C(=O)OC. The van der Waals surface area contributed by atoms with Crippen molar-refractivity contribution in [2.24, 2.45) is 17.8 Å². The van der Waals surface area contributed by atoms with Gasteiger partial charge in [-0.05, 0) is 18.8 Å². The number of hydrogen-bond acceptors (Lipinski definition) is 5. The Kier molecular flexibility index (Phi) is 6.68. The molecular weight excluding hydrogens is 260 g/mol. The molecule has 0 spiro atoms. The van der Waals surface area contributed by atoms with Gasteiger partial charge in [0.1, 0.15) is 5.78 Å². The van der Waals surface area contributed by atoms with Crippen LogP contribution in [0, 0.1) is 17.8 Å². The molecule has 0 radical (unpaired) electrons. The third-order valence-corrected chi connectivity index (χ3v) is 4.11. The molecule has 20 heavy (non-hydrogen) atoms. The molecule has 114 valence electrons. The van der Waals surface area contributed by atoms with Crippen molar-refractivity contribution in [1.82, 2.24) is 0 Å². The van der Waals surface area contributed by atoms with Gasteiger partial charge in [0.2, 0.25) is 0 Å². The monoisotopic (exact) mass is 284 g/mol. The molecule has 0 aromatic heterocycles. The van der Waals surface area contributed by atoms with Crippen LogP contribution in [0.3, 0.4) is 0 Å². The van der Waals surface area contributed by atoms with Crippen LogP contribution in [0.25, 0.3) is 0 Å². The minimum atomic E-state index is -0.969. The zero-order chi connectivity index (χ0) is 15.1. The van der Waals surface area contributed by atoms with Crippen LogP contribution in [0.15, 0.2) is 0 Å². The molecular formula is C15H24O5. The summed E-state index contributed by atoms with van der Waals surface area (Å²) in [7, 11) is 2.50. The van der Waals surface area contributed by atoms with Gasteiger partial charge in [0.25, 0.3) is 0 Å². The number of Topliss-reactive ketones (excluding diaryl/α,β-unsaturated/α-hetero) is 1. The first-order valence-corrected chi connectivity index (χ1v) is 7.25. The van der Waals surface area contributed by atoms with Gasteiger partial charge < -0.3 is 9.47 Å². The molecule has 1 rings (SSSR count). The topological polar surface area (TPSA) is 69.7 Å². The summed E-state index contributed by atoms with van der Waals surface area (Å²) in [6.07, 6.45) is 4.80. The zero-order valence-corrected chi connectivity index (χ0v) is 12.5. The standard InChI is InChI=1S/C15H24O5/c1-4-5-6-7-10-11(8-9-12(10)16)13(14(17)19-2)15(18)20-3/h10-11,13H,4-9H2,1-3H3/t10-,11-/m0/s1. The summed E-state index contributed by atoms with van der Waals surface area (Å²) < 4.78 is 9.41. The average molecular weight is 284 g/mol. The molecule has 0 aliphatic heterocycles. The summed E-state index contributed by atoms with van der Waals surface area (Å²) in [6.45, 7) is 2.10. The van der Waals surface area contributed by atoms with Gasteiger partial charge in [-0.2, -0.15) is 0 Å². The Morgan fingerprint density at radius 2 is 1.80 bits per heavy atom. The number of carbonyl (C=O) groups is 3. The lowest BCUT2D eigenvalue weighted by Gasteiger charge is -2.24. The van der Waals surface area contributed by atoms with E-state index < -0.39 is 17.9 Å². The van der Waals surface area contributed by atoms with Gasteiger partial charge in [0.15, 0.2) is 5.92 Å². The second-order valence-electron chi connectivity index (χ2n) is 5.30. The molecule has 1 fully saturated rings. The molecule has 0 bridgehead atoms. The first-order valence-electron chi connectivity index (χ1n) is 7.25. The second kappa shape index (κ2) is 8.02. The molecule has 5 nitrogen and oxygen atoms in total. The van der Waals surface area contributed by atoms with E-state index in [1.54, 1.807) is 0 Å². The minimum absolute atomic E-state index is 0.156. The summed E-state index contributed by atoms with van der Waals surface area (Å²) in [4.78, 5) is 35.7. The Morgan fingerprint density at radius 1 is 1.20 bits per heavy atom. The zero-order valence-electron chi connectivity index (χ0n) is 12.5. The number of ether oxygens (including phenoxy) is 2. The van der Waals surface area contributed by atoms with E-state index in [0.717, 1.165) is 25.7 Å². The second-order valence-corrected chi connectivity index (χ2v) is 5.30. The van der Waals surface area contributed by atoms with Crippen LogP contribution < -0.4 is 0 Å². The number of rotatable bonds is 7. The first-order chi connectivity index (χ1) is 9.56. The molecule has 0 N–H and O–H groups in total. The van der Waals surface area contributed by atoms with Crippen LogP contribution in [0.2, 0.25) is 0 Å². The summed E-state index contributed by atoms with van der Waals surface area (Å²) in [5.41, 5.74) is 0. The molecule has 1 saturated carbocycles. The highest BCUT2D eigenvalue weighted by Gasteiger charge is 2.46. The van der Waals surface area contributed by atoms with E-state index in [0.29, 0.717) is 12.8 Å². The highest BCUT2D eigenvalue weighted by molar-refractivity contribution is 5.97. The smallest absolute Gasteiger partial charge is 0.320 e. The minimum Gasteiger partial charge on any atom is -0.468 e. The quantitative estimate of drug-likeness (QED) is 0.407. The maximum Gasteiger partial charge on any atom is 0.320 e. The Balaban J connectivity index is 2.84. The summed E-state index contributed by atoms with van der Waals surface area (Å²) in [6, 6.07) is 0. The first kappa shape index (κ1) is 16.7. The van der Waals surface area contributed by atoms with Crippen molar-refractivity contribution < 1.29 is 23.9 Å². The van der Waals surface area contributed by atoms with E-state index >= 15 is 0 Å². The fraction of sp³-hybridized carbons (Fsp3) is 0.800. The Bertz CT molecular complexity index is 347. The van der Waals surface area contributed by atoms with Crippen molar-refractivity contribution >= 4 is 17.7 Å². The third-order valence-electron chi connectivity index (χ3n) is 4.11. The molecule has 0 heterocycles. The number of ketones is 1. The van der Waals surface area contributed by atoms with Crippen molar-refractivity contribution in [3.05, 3.63) is 0 Å². The summed E-state index contributed by atoms with van der Waals surface area (Å²) in [5.74, 6) is -2.51. The van der Waals surface area contributed by atoms with Crippen molar-refractivity contribution in [3.8, 4) is 0 Å². The number of methoxy groups -OCH3 is 2. The molecule has 5 heteroatoms. The van der Waals surface area contributed by atoms with Crippen LogP contribution in [0.5, 0.6) is 0 Å². The average Bonchev–Trinajstić information content (AvgIpc) is 2.80. The van der Waals surface area contributed by atoms with Crippen LogP contribution in [0.1, 0.15) is 45.4 Å². The van der Waals surface area contributed by atoms with Gasteiger partial charge in [-0.15, -0.1) is 0 Å². The molecule has 0 aromatic rings. The highest BCUT2D eigenvalue weighted by Crippen LogP contribution is 2.38. The van der Waals surface area contributed by atoms with E-state index in [2.05, 4.69) is 6.92 Å². The van der Waals surface area contributed by atoms with Crippen molar-refractivity contribution in [1.29, 1.82) is 0 Å². The molecule has 0 unspecified atom stereocenters. The van der Waals surface area contributed by atoms with Crippen LogP contribution >= 0.6 is 0 Å². The van der Waals surface area contributed by atoms with Gasteiger partial charge in [0, 0.05) is 12.3 Å². The van der Waals surface area contributed by atoms with Crippen molar-refractivity contribution in [2.75, 3.05) is 14.2 Å². The lowest BCUT2D eigenvalue weighted by atomic mass is 9.81. The molecule has 0 saturated heterocycles. The van der Waals surface area contributed by atoms with Gasteiger partial charge in [0.05, 0.1) is 14.2 Å². The lowest BCUT2D eigenvalue weighted by Crippen LogP contribution is -2.36. The molecule has 1 aliphatic carbocycles. The van der Waals surface area contributed by atoms with Crippen molar-refractivity contribution in [3.63, 3.8) is 0 Å². The largest absolute Gasteiger partial charge is 0.468 e. The summed E-state index contributed by atoms with van der Waals surface area (Å²) >= 11 is 0. The Labute approximate surface area is 120 Å². The van der Waals surface area contributed by atoms with E-state index in [4.69, 9.17) is 9.47 Å². The lowest BCUT2D eigenvalue weighted by molar-refractivity contribution is -0.162. The highest BCUT2D eigenvalue weighted by atomic mass is 16.5. The van der Waals surface area contributed by atoms with Crippen LogP contribution in [-0.2, 0) is 23.9 Å². The maximum absolute atomic E-state index is 12.0. The maximum atomic E-state index is 12.0. The molecule has 1 aliphatic rings.